The maximum atomic E-state index is 12.4. The third-order valence-electron chi connectivity index (χ3n) is 4.12. The molecule has 0 aromatic heterocycles. The molecule has 4 heteroatoms. The smallest absolute Gasteiger partial charge is 0.223 e. The highest BCUT2D eigenvalue weighted by atomic mass is 79.9. The lowest BCUT2D eigenvalue weighted by Gasteiger charge is -2.33. The van der Waals surface area contributed by atoms with E-state index < -0.39 is 0 Å². The maximum Gasteiger partial charge on any atom is 0.223 e. The van der Waals surface area contributed by atoms with Crippen molar-refractivity contribution in [3.63, 3.8) is 0 Å². The minimum Gasteiger partial charge on any atom is -0.342 e. The molecule has 2 N–H and O–H groups in total. The highest BCUT2D eigenvalue weighted by Crippen LogP contribution is 2.24. The van der Waals surface area contributed by atoms with Crippen molar-refractivity contribution in [2.75, 3.05) is 19.6 Å². The van der Waals surface area contributed by atoms with Crippen LogP contribution in [0.3, 0.4) is 0 Å². The molecule has 1 amide bonds. The zero-order valence-electron chi connectivity index (χ0n) is 12.0. The molecular weight excluding hydrogens is 316 g/mol. The number of carbonyl (C=O) groups excluding carboxylic acids is 1. The fraction of sp³-hybridized carbons (Fsp3) is 0.562. The van der Waals surface area contributed by atoms with E-state index in [4.69, 9.17) is 5.73 Å². The van der Waals surface area contributed by atoms with Gasteiger partial charge in [-0.2, -0.15) is 0 Å². The summed E-state index contributed by atoms with van der Waals surface area (Å²) in [6, 6.07) is 8.23. The Morgan fingerprint density at radius 3 is 2.80 bits per heavy atom. The van der Waals surface area contributed by atoms with Crippen LogP contribution in [0.5, 0.6) is 0 Å². The second-order valence-corrected chi connectivity index (χ2v) is 6.66. The van der Waals surface area contributed by atoms with E-state index in [0.29, 0.717) is 18.9 Å². The van der Waals surface area contributed by atoms with Crippen molar-refractivity contribution in [1.29, 1.82) is 0 Å². The van der Waals surface area contributed by atoms with Gasteiger partial charge in [-0.1, -0.05) is 35.0 Å². The van der Waals surface area contributed by atoms with Gasteiger partial charge in [-0.05, 0) is 48.9 Å². The Kier molecular flexibility index (Phi) is 5.61. The highest BCUT2D eigenvalue weighted by molar-refractivity contribution is 9.10. The molecule has 20 heavy (non-hydrogen) atoms. The number of likely N-dealkylation sites (tertiary alicyclic amines) is 1. The minimum atomic E-state index is 0.258. The van der Waals surface area contributed by atoms with Crippen LogP contribution < -0.4 is 5.73 Å². The van der Waals surface area contributed by atoms with Crippen LogP contribution in [0.25, 0.3) is 0 Å². The molecule has 1 aromatic rings. The van der Waals surface area contributed by atoms with Gasteiger partial charge in [0.05, 0.1) is 0 Å². The first-order valence-corrected chi connectivity index (χ1v) is 8.12. The lowest BCUT2D eigenvalue weighted by Crippen LogP contribution is -2.42. The van der Waals surface area contributed by atoms with E-state index in [-0.39, 0.29) is 11.8 Å². The van der Waals surface area contributed by atoms with Gasteiger partial charge in [0.2, 0.25) is 5.91 Å². The molecule has 1 saturated heterocycles. The van der Waals surface area contributed by atoms with Crippen molar-refractivity contribution in [1.82, 2.24) is 4.90 Å². The standard InChI is InChI=1S/C16H23BrN2O/c1-12(14-4-6-15(17)7-5-14)9-16(20)19-8-2-3-13(10-18)11-19/h4-7,12-13H,2-3,8-11,18H2,1H3. The van der Waals surface area contributed by atoms with Crippen LogP contribution in [0.15, 0.2) is 28.7 Å². The molecule has 1 heterocycles. The molecule has 1 aliphatic rings. The summed E-state index contributed by atoms with van der Waals surface area (Å²) >= 11 is 3.44. The Bertz CT molecular complexity index is 446. The molecule has 0 bridgehead atoms. The fourth-order valence-electron chi connectivity index (χ4n) is 2.78. The first-order valence-electron chi connectivity index (χ1n) is 7.33. The summed E-state index contributed by atoms with van der Waals surface area (Å²) in [6.07, 6.45) is 2.82. The van der Waals surface area contributed by atoms with E-state index in [0.717, 1.165) is 30.4 Å². The summed E-state index contributed by atoms with van der Waals surface area (Å²) in [6.45, 7) is 4.53. The molecule has 1 aromatic carbocycles. The van der Waals surface area contributed by atoms with Crippen molar-refractivity contribution in [3.8, 4) is 0 Å². The second-order valence-electron chi connectivity index (χ2n) is 5.74. The van der Waals surface area contributed by atoms with Crippen molar-refractivity contribution >= 4 is 21.8 Å². The zero-order valence-corrected chi connectivity index (χ0v) is 13.6. The molecule has 0 aliphatic carbocycles. The normalized spacial score (nSPS) is 20.8. The average Bonchev–Trinajstić information content (AvgIpc) is 2.47. The summed E-state index contributed by atoms with van der Waals surface area (Å²) in [5, 5.41) is 0. The number of piperidine rings is 1. The van der Waals surface area contributed by atoms with E-state index in [1.807, 2.05) is 17.0 Å². The van der Waals surface area contributed by atoms with Crippen LogP contribution in [0.4, 0.5) is 0 Å². The van der Waals surface area contributed by atoms with Crippen molar-refractivity contribution < 1.29 is 4.79 Å². The van der Waals surface area contributed by atoms with E-state index >= 15 is 0 Å². The van der Waals surface area contributed by atoms with Crippen LogP contribution in [0.1, 0.15) is 37.7 Å². The van der Waals surface area contributed by atoms with E-state index in [9.17, 15) is 4.79 Å². The maximum absolute atomic E-state index is 12.4. The largest absolute Gasteiger partial charge is 0.342 e. The number of nitrogens with zero attached hydrogens (tertiary/aromatic N) is 1. The summed E-state index contributed by atoms with van der Waals surface area (Å²) in [5.74, 6) is 1.00. The topological polar surface area (TPSA) is 46.3 Å². The molecule has 0 saturated carbocycles. The van der Waals surface area contributed by atoms with Crippen molar-refractivity contribution in [2.45, 2.75) is 32.1 Å². The van der Waals surface area contributed by atoms with E-state index in [2.05, 4.69) is 35.0 Å². The predicted molar refractivity (Wildman–Crippen MR) is 85.5 cm³/mol. The number of carbonyl (C=O) groups is 1. The molecular formula is C16H23BrN2O. The lowest BCUT2D eigenvalue weighted by molar-refractivity contribution is -0.133. The Hall–Kier alpha value is -0.870. The van der Waals surface area contributed by atoms with Crippen molar-refractivity contribution in [2.24, 2.45) is 11.7 Å². The summed E-state index contributed by atoms with van der Waals surface area (Å²) in [4.78, 5) is 14.4. The summed E-state index contributed by atoms with van der Waals surface area (Å²) in [7, 11) is 0. The predicted octanol–water partition coefficient (Wildman–Crippen LogP) is 3.14. The van der Waals surface area contributed by atoms with E-state index in [1.54, 1.807) is 0 Å². The third-order valence-corrected chi connectivity index (χ3v) is 4.65. The summed E-state index contributed by atoms with van der Waals surface area (Å²) in [5.41, 5.74) is 6.95. The zero-order chi connectivity index (χ0) is 14.5. The van der Waals surface area contributed by atoms with E-state index in [1.165, 1.54) is 5.56 Å². The van der Waals surface area contributed by atoms with Gasteiger partial charge in [0.1, 0.15) is 0 Å². The second kappa shape index (κ2) is 7.23. The van der Waals surface area contributed by atoms with Gasteiger partial charge in [0.25, 0.3) is 0 Å². The molecule has 1 fully saturated rings. The van der Waals surface area contributed by atoms with Crippen LogP contribution >= 0.6 is 15.9 Å². The first kappa shape index (κ1) is 15.5. The Morgan fingerprint density at radius 1 is 1.45 bits per heavy atom. The molecule has 110 valence electrons. The Balaban J connectivity index is 1.91. The lowest BCUT2D eigenvalue weighted by atomic mass is 9.94. The average molecular weight is 339 g/mol. The molecule has 2 atom stereocenters. The summed E-state index contributed by atoms with van der Waals surface area (Å²) < 4.78 is 1.07. The number of hydrogen-bond donors (Lipinski definition) is 1. The number of amides is 1. The van der Waals surface area contributed by atoms with Gasteiger partial charge in [-0.25, -0.2) is 0 Å². The number of hydrogen-bond acceptors (Lipinski definition) is 2. The Labute approximate surface area is 129 Å². The monoisotopic (exact) mass is 338 g/mol. The van der Waals surface area contributed by atoms with Crippen LogP contribution in [-0.2, 0) is 4.79 Å². The first-order chi connectivity index (χ1) is 9.60. The molecule has 0 spiro atoms. The molecule has 2 unspecified atom stereocenters. The molecule has 3 nitrogen and oxygen atoms in total. The van der Waals surface area contributed by atoms with Crippen LogP contribution in [-0.4, -0.2) is 30.4 Å². The van der Waals surface area contributed by atoms with Crippen LogP contribution in [0.2, 0.25) is 0 Å². The minimum absolute atomic E-state index is 0.258. The van der Waals surface area contributed by atoms with Crippen molar-refractivity contribution in [3.05, 3.63) is 34.3 Å². The fourth-order valence-corrected chi connectivity index (χ4v) is 3.05. The number of rotatable bonds is 4. The van der Waals surface area contributed by atoms with Crippen LogP contribution in [0, 0.1) is 5.92 Å². The van der Waals surface area contributed by atoms with Gasteiger partial charge in [-0.3, -0.25) is 4.79 Å². The Morgan fingerprint density at radius 2 is 2.15 bits per heavy atom. The van der Waals surface area contributed by atoms with Gasteiger partial charge in [0.15, 0.2) is 0 Å². The van der Waals surface area contributed by atoms with Gasteiger partial charge >= 0.3 is 0 Å². The van der Waals surface area contributed by atoms with Gasteiger partial charge < -0.3 is 10.6 Å². The quantitative estimate of drug-likeness (QED) is 0.916. The van der Waals surface area contributed by atoms with Gasteiger partial charge in [-0.15, -0.1) is 0 Å². The number of nitrogens with two attached hydrogens (primary N) is 1. The third kappa shape index (κ3) is 4.06. The SMILES string of the molecule is CC(CC(=O)N1CCCC(CN)C1)c1ccc(Br)cc1. The highest BCUT2D eigenvalue weighted by Gasteiger charge is 2.24. The molecule has 0 radical (unpaired) electrons. The van der Waals surface area contributed by atoms with Gasteiger partial charge in [0, 0.05) is 24.0 Å². The molecule has 1 aliphatic heterocycles. The number of benzene rings is 1. The number of halogens is 1. The molecule has 2 rings (SSSR count).